The van der Waals surface area contributed by atoms with E-state index >= 15 is 0 Å². The van der Waals surface area contributed by atoms with Gasteiger partial charge in [0.15, 0.2) is 4.77 Å². The summed E-state index contributed by atoms with van der Waals surface area (Å²) < 4.78 is 2.11. The van der Waals surface area contributed by atoms with Crippen molar-refractivity contribution in [3.8, 4) is 0 Å². The molecular weight excluding hydrogens is 244 g/mol. The average Bonchev–Trinajstić information content (AvgIpc) is 2.13. The molecule has 2 N–H and O–H groups in total. The van der Waals surface area contributed by atoms with Gasteiger partial charge in [-0.2, -0.15) is 0 Å². The third-order valence-electron chi connectivity index (χ3n) is 1.08. The third kappa shape index (κ3) is 2.07. The van der Waals surface area contributed by atoms with Crippen molar-refractivity contribution in [3.05, 3.63) is 17.2 Å². The van der Waals surface area contributed by atoms with E-state index in [0.29, 0.717) is 4.77 Å². The van der Waals surface area contributed by atoms with Crippen LogP contribution in [0.15, 0.2) is 12.4 Å². The van der Waals surface area contributed by atoms with Gasteiger partial charge >= 0.3 is 0 Å². The van der Waals surface area contributed by atoms with E-state index in [1.165, 1.54) is 0 Å². The molecule has 0 aromatic carbocycles. The molecule has 0 aliphatic heterocycles. The molecule has 0 saturated carbocycles. The molecule has 0 amide bonds. The van der Waals surface area contributed by atoms with Crippen molar-refractivity contribution in [1.29, 1.82) is 0 Å². The molecule has 1 heterocycles. The normalized spacial score (nSPS) is 12.2. The molecule has 1 unspecified atom stereocenters. The van der Waals surface area contributed by atoms with Crippen LogP contribution in [0.2, 0.25) is 0 Å². The minimum atomic E-state index is -0.538. The SMILES string of the molecule is CC(O)n1cc[nH]c1=S.[Ag]. The summed E-state index contributed by atoms with van der Waals surface area (Å²) in [5, 5.41) is 8.97. The quantitative estimate of drug-likeness (QED) is 0.579. The Morgan fingerprint density at radius 2 is 2.40 bits per heavy atom. The number of aliphatic hydroxyl groups is 1. The van der Waals surface area contributed by atoms with Crippen molar-refractivity contribution in [2.24, 2.45) is 0 Å². The zero-order valence-electron chi connectivity index (χ0n) is 5.34. The van der Waals surface area contributed by atoms with Crippen LogP contribution in [0.1, 0.15) is 13.2 Å². The Hall–Kier alpha value is 0.130. The first-order valence-electron chi connectivity index (χ1n) is 2.65. The second kappa shape index (κ2) is 4.10. The first-order chi connectivity index (χ1) is 4.22. The minimum absolute atomic E-state index is 0. The Labute approximate surface area is 79.6 Å². The van der Waals surface area contributed by atoms with Crippen molar-refractivity contribution in [1.82, 2.24) is 9.55 Å². The Morgan fingerprint density at radius 1 is 1.80 bits per heavy atom. The predicted molar refractivity (Wildman–Crippen MR) is 36.5 cm³/mol. The molecule has 0 aliphatic carbocycles. The zero-order chi connectivity index (χ0) is 6.85. The molecule has 1 aromatic heterocycles. The van der Waals surface area contributed by atoms with E-state index in [1.807, 2.05) is 0 Å². The number of nitrogens with zero attached hydrogens (tertiary/aromatic N) is 1. The van der Waals surface area contributed by atoms with Crippen molar-refractivity contribution in [2.45, 2.75) is 13.2 Å². The molecule has 5 heteroatoms. The van der Waals surface area contributed by atoms with Gasteiger partial charge in [-0.1, -0.05) is 0 Å². The molecule has 0 aliphatic rings. The van der Waals surface area contributed by atoms with Gasteiger partial charge in [-0.3, -0.25) is 4.57 Å². The Morgan fingerprint density at radius 3 is 2.60 bits per heavy atom. The van der Waals surface area contributed by atoms with Gasteiger partial charge in [0.2, 0.25) is 0 Å². The molecule has 0 saturated heterocycles. The van der Waals surface area contributed by atoms with Crippen LogP contribution in [-0.4, -0.2) is 14.7 Å². The van der Waals surface area contributed by atoms with Crippen LogP contribution < -0.4 is 0 Å². The van der Waals surface area contributed by atoms with Crippen LogP contribution in [0.4, 0.5) is 0 Å². The molecule has 1 rings (SSSR count). The molecule has 1 radical (unpaired) electrons. The number of H-pyrrole nitrogens is 1. The molecule has 1 atom stereocenters. The second-order valence-electron chi connectivity index (χ2n) is 1.80. The molecule has 61 valence electrons. The number of rotatable bonds is 1. The number of hydrogen-bond acceptors (Lipinski definition) is 2. The van der Waals surface area contributed by atoms with E-state index in [1.54, 1.807) is 23.9 Å². The summed E-state index contributed by atoms with van der Waals surface area (Å²) in [7, 11) is 0. The minimum Gasteiger partial charge on any atom is -0.373 e. The van der Waals surface area contributed by atoms with Crippen molar-refractivity contribution in [2.75, 3.05) is 0 Å². The molecule has 0 fully saturated rings. The van der Waals surface area contributed by atoms with Gasteiger partial charge in [0.1, 0.15) is 6.23 Å². The predicted octanol–water partition coefficient (Wildman–Crippen LogP) is 1.05. The van der Waals surface area contributed by atoms with Gasteiger partial charge in [0.05, 0.1) is 0 Å². The van der Waals surface area contributed by atoms with E-state index in [-0.39, 0.29) is 22.4 Å². The summed E-state index contributed by atoms with van der Waals surface area (Å²) in [5.41, 5.74) is 0. The van der Waals surface area contributed by atoms with Gasteiger partial charge in [0, 0.05) is 34.8 Å². The van der Waals surface area contributed by atoms with E-state index in [2.05, 4.69) is 4.98 Å². The maximum atomic E-state index is 8.97. The number of hydrogen-bond donors (Lipinski definition) is 2. The number of aromatic amines is 1. The van der Waals surface area contributed by atoms with Crippen LogP contribution in [0.3, 0.4) is 0 Å². The molecule has 10 heavy (non-hydrogen) atoms. The molecule has 0 bridgehead atoms. The topological polar surface area (TPSA) is 41.0 Å². The molecular formula is C5H8AgN2OS. The summed E-state index contributed by atoms with van der Waals surface area (Å²) in [5.74, 6) is 0. The van der Waals surface area contributed by atoms with E-state index in [9.17, 15) is 0 Å². The summed E-state index contributed by atoms with van der Waals surface area (Å²) in [4.78, 5) is 2.77. The summed E-state index contributed by atoms with van der Waals surface area (Å²) in [6.45, 7) is 1.66. The largest absolute Gasteiger partial charge is 0.373 e. The van der Waals surface area contributed by atoms with Crippen molar-refractivity contribution >= 4 is 12.2 Å². The zero-order valence-corrected chi connectivity index (χ0v) is 7.63. The standard InChI is InChI=1S/C5H8N2OS.Ag/c1-4(8)7-3-2-6-5(7)9;/h2-4,8H,1H3,(H,6,9);. The van der Waals surface area contributed by atoms with Gasteiger partial charge in [0.25, 0.3) is 0 Å². The molecule has 0 spiro atoms. The Kier molecular flexibility index (Phi) is 4.16. The molecule has 1 aromatic rings. The fourth-order valence-electron chi connectivity index (χ4n) is 0.625. The fraction of sp³-hybridized carbons (Fsp3) is 0.400. The van der Waals surface area contributed by atoms with Crippen molar-refractivity contribution < 1.29 is 27.5 Å². The number of imidazole rings is 1. The number of aromatic nitrogens is 2. The second-order valence-corrected chi connectivity index (χ2v) is 2.19. The van der Waals surface area contributed by atoms with E-state index < -0.39 is 6.23 Å². The van der Waals surface area contributed by atoms with Crippen LogP contribution in [0, 0.1) is 4.77 Å². The first kappa shape index (κ1) is 10.1. The third-order valence-corrected chi connectivity index (χ3v) is 1.41. The maximum absolute atomic E-state index is 8.97. The van der Waals surface area contributed by atoms with E-state index in [0.717, 1.165) is 0 Å². The smallest absolute Gasteiger partial charge is 0.179 e. The summed E-state index contributed by atoms with van der Waals surface area (Å²) in [6.07, 6.45) is 2.85. The van der Waals surface area contributed by atoms with Crippen LogP contribution in [0.5, 0.6) is 0 Å². The van der Waals surface area contributed by atoms with Crippen LogP contribution in [0.25, 0.3) is 0 Å². The Bertz CT molecular complexity index is 242. The Balaban J connectivity index is 0.000000810. The van der Waals surface area contributed by atoms with Crippen LogP contribution in [-0.2, 0) is 22.4 Å². The van der Waals surface area contributed by atoms with Gasteiger partial charge in [-0.25, -0.2) is 0 Å². The van der Waals surface area contributed by atoms with Crippen LogP contribution >= 0.6 is 12.2 Å². The summed E-state index contributed by atoms with van der Waals surface area (Å²) >= 11 is 4.81. The average molecular weight is 252 g/mol. The van der Waals surface area contributed by atoms with Gasteiger partial charge in [-0.05, 0) is 19.1 Å². The number of nitrogens with one attached hydrogen (secondary N) is 1. The first-order valence-corrected chi connectivity index (χ1v) is 3.06. The molecule has 3 nitrogen and oxygen atoms in total. The fourth-order valence-corrected chi connectivity index (χ4v) is 0.907. The number of aliphatic hydroxyl groups excluding tert-OH is 1. The monoisotopic (exact) mass is 251 g/mol. The van der Waals surface area contributed by atoms with E-state index in [4.69, 9.17) is 17.3 Å². The van der Waals surface area contributed by atoms with Gasteiger partial charge in [-0.15, -0.1) is 0 Å². The van der Waals surface area contributed by atoms with Gasteiger partial charge < -0.3 is 10.1 Å². The summed E-state index contributed by atoms with van der Waals surface area (Å²) in [6, 6.07) is 0. The van der Waals surface area contributed by atoms with Crippen molar-refractivity contribution in [3.63, 3.8) is 0 Å². The maximum Gasteiger partial charge on any atom is 0.179 e.